The van der Waals surface area contributed by atoms with Crippen molar-refractivity contribution in [1.29, 1.82) is 0 Å². The number of likely N-dealkylation sites (N-methyl/N-ethyl adjacent to an activating group) is 1. The fraction of sp³-hybridized carbons (Fsp3) is 0.533. The molecule has 24 heavy (non-hydrogen) atoms. The molecule has 1 rings (SSSR count). The molecular weight excluding hydrogens is 439 g/mol. The summed E-state index contributed by atoms with van der Waals surface area (Å²) < 4.78 is 50.0. The van der Waals surface area contributed by atoms with Crippen LogP contribution in [0.3, 0.4) is 0 Å². The molecule has 0 fully saturated rings. The molecule has 2 N–H and O–H groups in total. The Morgan fingerprint density at radius 2 is 1.92 bits per heavy atom. The van der Waals surface area contributed by atoms with Crippen LogP contribution in [-0.4, -0.2) is 50.8 Å². The van der Waals surface area contributed by atoms with Crippen LogP contribution in [0.15, 0.2) is 23.2 Å². The van der Waals surface area contributed by atoms with E-state index < -0.39 is 12.7 Å². The molecule has 0 unspecified atom stereocenters. The molecule has 0 saturated heterocycles. The zero-order chi connectivity index (χ0) is 17.5. The molecule has 0 heterocycles. The van der Waals surface area contributed by atoms with Gasteiger partial charge in [-0.25, -0.2) is 4.39 Å². The number of alkyl halides is 3. The molecule has 0 spiro atoms. The Bertz CT molecular complexity index is 535. The molecule has 0 aromatic heterocycles. The van der Waals surface area contributed by atoms with Crippen molar-refractivity contribution in [3.8, 4) is 0 Å². The van der Waals surface area contributed by atoms with Gasteiger partial charge in [-0.1, -0.05) is 12.1 Å². The van der Waals surface area contributed by atoms with Crippen molar-refractivity contribution in [2.45, 2.75) is 19.6 Å². The number of aliphatic imine (C=N–C) groups is 1. The van der Waals surface area contributed by atoms with Crippen LogP contribution in [-0.2, 0) is 6.54 Å². The van der Waals surface area contributed by atoms with E-state index in [0.717, 1.165) is 5.56 Å². The van der Waals surface area contributed by atoms with Gasteiger partial charge >= 0.3 is 6.18 Å². The van der Waals surface area contributed by atoms with E-state index in [1.54, 1.807) is 26.1 Å². The average Bonchev–Trinajstić information content (AvgIpc) is 2.44. The van der Waals surface area contributed by atoms with E-state index in [2.05, 4.69) is 15.6 Å². The molecule has 0 aliphatic heterocycles. The predicted molar refractivity (Wildman–Crippen MR) is 98.3 cm³/mol. The van der Waals surface area contributed by atoms with Crippen molar-refractivity contribution in [3.63, 3.8) is 0 Å². The van der Waals surface area contributed by atoms with Crippen LogP contribution in [0.5, 0.6) is 0 Å². The average molecular weight is 462 g/mol. The highest BCUT2D eigenvalue weighted by atomic mass is 127. The van der Waals surface area contributed by atoms with Gasteiger partial charge in [0.1, 0.15) is 5.82 Å². The third-order valence-electron chi connectivity index (χ3n) is 3.15. The third-order valence-corrected chi connectivity index (χ3v) is 3.15. The van der Waals surface area contributed by atoms with Gasteiger partial charge in [0.15, 0.2) is 5.96 Å². The maximum atomic E-state index is 13.4. The van der Waals surface area contributed by atoms with Crippen LogP contribution in [0.4, 0.5) is 17.6 Å². The Kier molecular flexibility index (Phi) is 10.2. The number of nitrogens with zero attached hydrogens (tertiary/aromatic N) is 2. The van der Waals surface area contributed by atoms with Gasteiger partial charge in [0.2, 0.25) is 0 Å². The molecule has 0 atom stereocenters. The molecule has 0 aliphatic rings. The molecule has 0 saturated carbocycles. The summed E-state index contributed by atoms with van der Waals surface area (Å²) in [6.45, 7) is 1.64. The molecule has 0 bridgehead atoms. The highest BCUT2D eigenvalue weighted by Gasteiger charge is 2.28. The molecule has 4 nitrogen and oxygen atoms in total. The zero-order valence-corrected chi connectivity index (χ0v) is 16.2. The summed E-state index contributed by atoms with van der Waals surface area (Å²) in [6, 6.07) is 4.93. The summed E-state index contributed by atoms with van der Waals surface area (Å²) in [6.07, 6.45) is -4.20. The largest absolute Gasteiger partial charge is 0.401 e. The molecule has 9 heteroatoms. The van der Waals surface area contributed by atoms with E-state index in [1.165, 1.54) is 18.0 Å². The van der Waals surface area contributed by atoms with E-state index in [9.17, 15) is 17.6 Å². The Labute approximate surface area is 156 Å². The minimum absolute atomic E-state index is 0. The number of guanidine groups is 1. The lowest BCUT2D eigenvalue weighted by molar-refractivity contribution is -0.142. The quantitative estimate of drug-likeness (QED) is 0.296. The second-order valence-corrected chi connectivity index (χ2v) is 5.29. The first kappa shape index (κ1) is 22.9. The smallest absolute Gasteiger partial charge is 0.355 e. The van der Waals surface area contributed by atoms with E-state index >= 15 is 0 Å². The van der Waals surface area contributed by atoms with Crippen LogP contribution in [0.2, 0.25) is 0 Å². The number of rotatable bonds is 6. The highest BCUT2D eigenvalue weighted by Crippen LogP contribution is 2.15. The Morgan fingerprint density at radius 1 is 1.25 bits per heavy atom. The number of hydrogen-bond acceptors (Lipinski definition) is 2. The lowest BCUT2D eigenvalue weighted by atomic mass is 10.1. The summed E-state index contributed by atoms with van der Waals surface area (Å²) in [5.41, 5.74) is 1.33. The van der Waals surface area contributed by atoms with Gasteiger partial charge in [0.25, 0.3) is 0 Å². The SMILES string of the molecule is CN=C(NCCN(C)CC(F)(F)F)NCc1ccc(C)c(F)c1.I. The molecule has 0 radical (unpaired) electrons. The van der Waals surface area contributed by atoms with Gasteiger partial charge < -0.3 is 10.6 Å². The van der Waals surface area contributed by atoms with Crippen molar-refractivity contribution >= 4 is 29.9 Å². The van der Waals surface area contributed by atoms with Crippen molar-refractivity contribution < 1.29 is 17.6 Å². The van der Waals surface area contributed by atoms with Gasteiger partial charge in [0.05, 0.1) is 6.54 Å². The fourth-order valence-corrected chi connectivity index (χ4v) is 1.90. The second kappa shape index (κ2) is 10.7. The first-order valence-corrected chi connectivity index (χ1v) is 7.16. The molecular formula is C15H23F4IN4. The van der Waals surface area contributed by atoms with Gasteiger partial charge in [0, 0.05) is 26.7 Å². The molecule has 1 aromatic carbocycles. The molecule has 138 valence electrons. The summed E-state index contributed by atoms with van der Waals surface area (Å²) in [7, 11) is 2.96. The van der Waals surface area contributed by atoms with Gasteiger partial charge in [-0.3, -0.25) is 9.89 Å². The number of nitrogens with one attached hydrogen (secondary N) is 2. The van der Waals surface area contributed by atoms with E-state index in [-0.39, 0.29) is 36.3 Å². The monoisotopic (exact) mass is 462 g/mol. The van der Waals surface area contributed by atoms with E-state index in [4.69, 9.17) is 0 Å². The Balaban J connectivity index is 0.00000529. The van der Waals surface area contributed by atoms with Crippen LogP contribution < -0.4 is 10.6 Å². The summed E-state index contributed by atoms with van der Waals surface area (Å²) >= 11 is 0. The van der Waals surface area contributed by atoms with Gasteiger partial charge in [-0.2, -0.15) is 13.2 Å². The minimum atomic E-state index is -4.20. The summed E-state index contributed by atoms with van der Waals surface area (Å²) in [5.74, 6) is 0.174. The lowest BCUT2D eigenvalue weighted by Gasteiger charge is -2.19. The van der Waals surface area contributed by atoms with Crippen LogP contribution in [0.25, 0.3) is 0 Å². The molecule has 1 aromatic rings. The van der Waals surface area contributed by atoms with Gasteiger partial charge in [-0.15, -0.1) is 24.0 Å². The highest BCUT2D eigenvalue weighted by molar-refractivity contribution is 14.0. The lowest BCUT2D eigenvalue weighted by Crippen LogP contribution is -2.42. The molecule has 0 amide bonds. The predicted octanol–water partition coefficient (Wildman–Crippen LogP) is 2.91. The van der Waals surface area contributed by atoms with Crippen LogP contribution >= 0.6 is 24.0 Å². The first-order valence-electron chi connectivity index (χ1n) is 7.16. The van der Waals surface area contributed by atoms with Crippen molar-refractivity contribution in [2.24, 2.45) is 4.99 Å². The normalized spacial score (nSPS) is 12.1. The number of aryl methyl sites for hydroxylation is 1. The molecule has 0 aliphatic carbocycles. The number of halogens is 5. The Hall–Kier alpha value is -1.10. The number of benzene rings is 1. The maximum Gasteiger partial charge on any atom is 0.401 e. The van der Waals surface area contributed by atoms with E-state index in [1.807, 2.05) is 0 Å². The van der Waals surface area contributed by atoms with Crippen molar-refractivity contribution in [3.05, 3.63) is 35.1 Å². The van der Waals surface area contributed by atoms with Crippen LogP contribution in [0.1, 0.15) is 11.1 Å². The van der Waals surface area contributed by atoms with Crippen LogP contribution in [0, 0.1) is 12.7 Å². The maximum absolute atomic E-state index is 13.4. The summed E-state index contributed by atoms with van der Waals surface area (Å²) in [4.78, 5) is 5.15. The standard InChI is InChI=1S/C15H22F4N4.HI/c1-11-4-5-12(8-13(11)16)9-22-14(20-2)21-6-7-23(3)10-15(17,18)19;/h4-5,8H,6-7,9-10H2,1-3H3,(H2,20,21,22);1H. The topological polar surface area (TPSA) is 39.7 Å². The summed E-state index contributed by atoms with van der Waals surface area (Å²) in [5, 5.41) is 5.90. The number of hydrogen-bond donors (Lipinski definition) is 2. The zero-order valence-electron chi connectivity index (χ0n) is 13.9. The van der Waals surface area contributed by atoms with Gasteiger partial charge in [-0.05, 0) is 31.2 Å². The second-order valence-electron chi connectivity index (χ2n) is 5.29. The third kappa shape index (κ3) is 9.26. The fourth-order valence-electron chi connectivity index (χ4n) is 1.90. The van der Waals surface area contributed by atoms with Crippen molar-refractivity contribution in [2.75, 3.05) is 33.7 Å². The van der Waals surface area contributed by atoms with E-state index in [0.29, 0.717) is 24.6 Å². The minimum Gasteiger partial charge on any atom is -0.355 e. The first-order chi connectivity index (χ1) is 10.7. The van der Waals surface area contributed by atoms with Crippen molar-refractivity contribution in [1.82, 2.24) is 15.5 Å². The Morgan fingerprint density at radius 3 is 2.46 bits per heavy atom.